The second-order valence-electron chi connectivity index (χ2n) is 3.20. The van der Waals surface area contributed by atoms with E-state index >= 15 is 0 Å². The van der Waals surface area contributed by atoms with Gasteiger partial charge in [-0.3, -0.25) is 10.1 Å². The summed E-state index contributed by atoms with van der Waals surface area (Å²) in [5.74, 6) is 0. The van der Waals surface area contributed by atoms with E-state index in [1.807, 2.05) is 0 Å². The first-order chi connectivity index (χ1) is 8.50. The lowest BCUT2D eigenvalue weighted by atomic mass is 10.3. The molecule has 96 valence electrons. The molecule has 9 heteroatoms. The minimum absolute atomic E-state index is 0.255. The van der Waals surface area contributed by atoms with E-state index in [9.17, 15) is 8.42 Å². The average Bonchev–Trinajstić information content (AvgIpc) is 2.35. The SMILES string of the molecule is O=S(=O)(Nc1c(Cl)cccc1Br)N1N=CC=CN1. The molecule has 0 amide bonds. The first-order valence-corrected chi connectivity index (χ1v) is 7.34. The molecule has 1 aliphatic rings. The molecule has 0 bridgehead atoms. The Labute approximate surface area is 118 Å². The van der Waals surface area contributed by atoms with E-state index in [2.05, 4.69) is 31.2 Å². The van der Waals surface area contributed by atoms with Crippen LogP contribution in [0.1, 0.15) is 0 Å². The van der Waals surface area contributed by atoms with Crippen LogP contribution in [0.3, 0.4) is 0 Å². The van der Waals surface area contributed by atoms with E-state index in [1.165, 1.54) is 12.4 Å². The maximum Gasteiger partial charge on any atom is 0.357 e. The van der Waals surface area contributed by atoms with Crippen molar-refractivity contribution in [1.82, 2.24) is 9.95 Å². The predicted octanol–water partition coefficient (Wildman–Crippen LogP) is 2.08. The molecule has 0 fully saturated rings. The zero-order valence-corrected chi connectivity index (χ0v) is 12.0. The Hall–Kier alpha value is -1.25. The van der Waals surface area contributed by atoms with Crippen molar-refractivity contribution < 1.29 is 8.42 Å². The van der Waals surface area contributed by atoms with Crippen molar-refractivity contribution in [2.24, 2.45) is 5.10 Å². The molecule has 0 aromatic heterocycles. The van der Waals surface area contributed by atoms with Gasteiger partial charge in [0.1, 0.15) is 0 Å². The van der Waals surface area contributed by atoms with Gasteiger partial charge in [0.2, 0.25) is 0 Å². The Bertz CT molecular complexity index is 597. The third-order valence-electron chi connectivity index (χ3n) is 1.96. The van der Waals surface area contributed by atoms with Crippen LogP contribution in [0.4, 0.5) is 5.69 Å². The number of rotatable bonds is 3. The van der Waals surface area contributed by atoms with Crippen molar-refractivity contribution >= 4 is 49.6 Å². The van der Waals surface area contributed by atoms with Gasteiger partial charge in [0.15, 0.2) is 0 Å². The van der Waals surface area contributed by atoms with E-state index in [0.717, 1.165) is 0 Å². The molecule has 0 saturated carbocycles. The predicted molar refractivity (Wildman–Crippen MR) is 74.3 cm³/mol. The third-order valence-corrected chi connectivity index (χ3v) is 4.05. The van der Waals surface area contributed by atoms with Crippen molar-refractivity contribution in [3.05, 3.63) is 40.0 Å². The molecule has 0 atom stereocenters. The second-order valence-corrected chi connectivity index (χ2v) is 5.96. The van der Waals surface area contributed by atoms with Crippen LogP contribution >= 0.6 is 27.5 Å². The molecule has 1 aliphatic heterocycles. The highest BCUT2D eigenvalue weighted by atomic mass is 79.9. The second kappa shape index (κ2) is 5.17. The summed E-state index contributed by atoms with van der Waals surface area (Å²) in [5.41, 5.74) is 2.72. The quantitative estimate of drug-likeness (QED) is 0.875. The van der Waals surface area contributed by atoms with E-state index in [0.29, 0.717) is 9.00 Å². The van der Waals surface area contributed by atoms with Gasteiger partial charge in [-0.15, -0.1) is 5.10 Å². The first kappa shape index (κ1) is 13.2. The number of hydrazine groups is 1. The van der Waals surface area contributed by atoms with Gasteiger partial charge in [0, 0.05) is 10.7 Å². The van der Waals surface area contributed by atoms with Crippen LogP contribution in [0, 0.1) is 0 Å². The van der Waals surface area contributed by atoms with Gasteiger partial charge in [0.25, 0.3) is 0 Å². The van der Waals surface area contributed by atoms with Crippen LogP contribution in [-0.4, -0.2) is 19.2 Å². The van der Waals surface area contributed by atoms with Crippen LogP contribution in [0.25, 0.3) is 0 Å². The number of nitrogens with one attached hydrogen (secondary N) is 2. The molecule has 1 aromatic carbocycles. The van der Waals surface area contributed by atoms with Crippen molar-refractivity contribution in [2.45, 2.75) is 0 Å². The van der Waals surface area contributed by atoms with Gasteiger partial charge in [0.05, 0.1) is 16.9 Å². The van der Waals surface area contributed by atoms with E-state index in [4.69, 9.17) is 11.6 Å². The number of hydrogen-bond acceptors (Lipinski definition) is 4. The summed E-state index contributed by atoms with van der Waals surface area (Å²) < 4.78 is 27.5. The fraction of sp³-hybridized carbons (Fsp3) is 0. The third kappa shape index (κ3) is 2.77. The number of halogens is 2. The van der Waals surface area contributed by atoms with Gasteiger partial charge in [-0.2, -0.15) is 8.42 Å². The molecular weight excluding hydrogens is 344 g/mol. The summed E-state index contributed by atoms with van der Waals surface area (Å²) in [6.45, 7) is 0. The van der Waals surface area contributed by atoms with E-state index < -0.39 is 10.2 Å². The molecule has 2 rings (SSSR count). The van der Waals surface area contributed by atoms with E-state index in [-0.39, 0.29) is 10.7 Å². The monoisotopic (exact) mass is 350 g/mol. The fourth-order valence-corrected chi connectivity index (χ4v) is 3.11. The Morgan fingerprint density at radius 1 is 1.44 bits per heavy atom. The molecule has 6 nitrogen and oxygen atoms in total. The summed E-state index contributed by atoms with van der Waals surface area (Å²) in [7, 11) is -3.87. The molecule has 0 aliphatic carbocycles. The highest BCUT2D eigenvalue weighted by molar-refractivity contribution is 9.10. The Morgan fingerprint density at radius 3 is 2.83 bits per heavy atom. The molecule has 1 heterocycles. The standard InChI is InChI=1S/C9H8BrClN4O2S/c10-7-3-1-4-8(11)9(7)14-18(16,17)15-12-5-2-6-13-15/h1-6,12,14H. The molecule has 1 aromatic rings. The number of allylic oxidation sites excluding steroid dienone is 1. The Morgan fingerprint density at radius 2 is 2.22 bits per heavy atom. The van der Waals surface area contributed by atoms with Gasteiger partial charge in [-0.25, -0.2) is 0 Å². The van der Waals surface area contributed by atoms with Crippen molar-refractivity contribution in [2.75, 3.05) is 4.72 Å². The van der Waals surface area contributed by atoms with Crippen molar-refractivity contribution in [3.63, 3.8) is 0 Å². The number of hydrogen-bond donors (Lipinski definition) is 2. The van der Waals surface area contributed by atoms with Gasteiger partial charge in [-0.05, 0) is 34.1 Å². The van der Waals surface area contributed by atoms with Crippen molar-refractivity contribution in [3.8, 4) is 0 Å². The lowest BCUT2D eigenvalue weighted by Gasteiger charge is -2.21. The number of benzene rings is 1. The lowest BCUT2D eigenvalue weighted by Crippen LogP contribution is -2.40. The van der Waals surface area contributed by atoms with Gasteiger partial charge in [-0.1, -0.05) is 22.2 Å². The van der Waals surface area contributed by atoms with Crippen LogP contribution in [-0.2, 0) is 10.2 Å². The largest absolute Gasteiger partial charge is 0.357 e. The summed E-state index contributed by atoms with van der Waals surface area (Å²) >= 11 is 9.15. The maximum atomic E-state index is 12.0. The van der Waals surface area contributed by atoms with Crippen LogP contribution in [0.2, 0.25) is 5.02 Å². The Balaban J connectivity index is 2.28. The first-order valence-electron chi connectivity index (χ1n) is 4.73. The van der Waals surface area contributed by atoms with Crippen molar-refractivity contribution in [1.29, 1.82) is 0 Å². The minimum Gasteiger partial charge on any atom is -0.274 e. The summed E-state index contributed by atoms with van der Waals surface area (Å²) in [6, 6.07) is 4.96. The molecule has 0 radical (unpaired) electrons. The zero-order chi connectivity index (χ0) is 13.2. The average molecular weight is 352 g/mol. The van der Waals surface area contributed by atoms with Crippen LogP contribution in [0.15, 0.2) is 40.0 Å². The van der Waals surface area contributed by atoms with Gasteiger partial charge < -0.3 is 0 Å². The molecular formula is C9H8BrClN4O2S. The topological polar surface area (TPSA) is 73.8 Å². The number of anilines is 1. The van der Waals surface area contributed by atoms with Gasteiger partial charge >= 0.3 is 10.2 Å². The molecule has 2 N–H and O–H groups in total. The summed E-state index contributed by atoms with van der Waals surface area (Å²) in [4.78, 5) is 0. The fourth-order valence-electron chi connectivity index (χ4n) is 1.18. The number of para-hydroxylation sites is 1. The minimum atomic E-state index is -3.87. The highest BCUT2D eigenvalue weighted by Crippen LogP contribution is 2.31. The summed E-state index contributed by atoms with van der Waals surface area (Å²) in [5, 5.41) is 3.94. The molecule has 0 saturated heterocycles. The lowest BCUT2D eigenvalue weighted by molar-refractivity contribution is 0.380. The summed E-state index contributed by atoms with van der Waals surface area (Å²) in [6.07, 6.45) is 4.35. The molecule has 18 heavy (non-hydrogen) atoms. The highest BCUT2D eigenvalue weighted by Gasteiger charge is 2.22. The normalized spacial score (nSPS) is 14.4. The number of nitrogens with zero attached hydrogens (tertiary/aromatic N) is 2. The molecule has 0 unspecified atom stereocenters. The maximum absolute atomic E-state index is 12.0. The zero-order valence-electron chi connectivity index (χ0n) is 8.84. The molecule has 0 spiro atoms. The smallest absolute Gasteiger partial charge is 0.274 e. The van der Waals surface area contributed by atoms with E-state index in [1.54, 1.807) is 24.3 Å². The Kier molecular flexibility index (Phi) is 3.79. The number of hydrazone groups is 1. The van der Waals surface area contributed by atoms with Crippen LogP contribution < -0.4 is 10.1 Å². The van der Waals surface area contributed by atoms with Crippen LogP contribution in [0.5, 0.6) is 0 Å².